The number of hydrogen-bond acceptors (Lipinski definition) is 4. The lowest BCUT2D eigenvalue weighted by Crippen LogP contribution is -2.55. The Bertz CT molecular complexity index is 493. The minimum Gasteiger partial charge on any atom is -0.399 e. The van der Waals surface area contributed by atoms with Crippen molar-refractivity contribution >= 4 is 27.5 Å². The molecule has 116 valence electrons. The Labute approximate surface area is 134 Å². The van der Waals surface area contributed by atoms with Crippen LogP contribution in [0.25, 0.3) is 0 Å². The average molecular weight is 356 g/mol. The molecule has 0 radical (unpaired) electrons. The van der Waals surface area contributed by atoms with Gasteiger partial charge in [0.25, 0.3) is 5.91 Å². The number of nitrogens with zero attached hydrogens (tertiary/aromatic N) is 1. The minimum atomic E-state index is -0.107. The fraction of sp³-hybridized carbons (Fsp3) is 0.533. The summed E-state index contributed by atoms with van der Waals surface area (Å²) in [6.45, 7) is 8.14. The number of amides is 1. The van der Waals surface area contributed by atoms with E-state index in [2.05, 4.69) is 40.0 Å². The van der Waals surface area contributed by atoms with Gasteiger partial charge < -0.3 is 15.8 Å². The SMILES string of the molecule is CC(C)(CNC(=O)c1cc(N)cc(Br)c1)N1CCOCC1. The van der Waals surface area contributed by atoms with E-state index in [1.807, 2.05) is 0 Å². The summed E-state index contributed by atoms with van der Waals surface area (Å²) in [6, 6.07) is 5.23. The van der Waals surface area contributed by atoms with E-state index in [1.165, 1.54) is 0 Å². The predicted octanol–water partition coefficient (Wildman–Crippen LogP) is 1.87. The van der Waals surface area contributed by atoms with Crippen molar-refractivity contribution in [1.29, 1.82) is 0 Å². The van der Waals surface area contributed by atoms with E-state index in [-0.39, 0.29) is 11.4 Å². The molecule has 6 heteroatoms. The van der Waals surface area contributed by atoms with E-state index >= 15 is 0 Å². The highest BCUT2D eigenvalue weighted by Crippen LogP contribution is 2.18. The van der Waals surface area contributed by atoms with Gasteiger partial charge in [-0.1, -0.05) is 15.9 Å². The summed E-state index contributed by atoms with van der Waals surface area (Å²) in [5, 5.41) is 2.99. The molecule has 1 amide bonds. The molecule has 21 heavy (non-hydrogen) atoms. The first-order valence-corrected chi connectivity index (χ1v) is 7.85. The van der Waals surface area contributed by atoms with Crippen molar-refractivity contribution in [1.82, 2.24) is 10.2 Å². The topological polar surface area (TPSA) is 67.6 Å². The van der Waals surface area contributed by atoms with Gasteiger partial charge in [0.2, 0.25) is 0 Å². The Kier molecular flexibility index (Phi) is 5.24. The summed E-state index contributed by atoms with van der Waals surface area (Å²) in [5.41, 5.74) is 6.80. The van der Waals surface area contributed by atoms with Crippen molar-refractivity contribution in [3.63, 3.8) is 0 Å². The van der Waals surface area contributed by atoms with Gasteiger partial charge in [-0.05, 0) is 32.0 Å². The second-order valence-electron chi connectivity index (χ2n) is 5.87. The molecule has 1 aromatic carbocycles. The van der Waals surface area contributed by atoms with Gasteiger partial charge in [-0.2, -0.15) is 0 Å². The van der Waals surface area contributed by atoms with E-state index in [4.69, 9.17) is 10.5 Å². The van der Waals surface area contributed by atoms with Crippen LogP contribution in [-0.2, 0) is 4.74 Å². The fourth-order valence-electron chi connectivity index (χ4n) is 2.42. The van der Waals surface area contributed by atoms with Gasteiger partial charge in [-0.3, -0.25) is 9.69 Å². The summed E-state index contributed by atoms with van der Waals surface area (Å²) in [6.07, 6.45) is 0. The molecule has 1 aliphatic rings. The van der Waals surface area contributed by atoms with E-state index in [0.29, 0.717) is 17.8 Å². The first-order chi connectivity index (χ1) is 9.88. The first kappa shape index (κ1) is 16.3. The van der Waals surface area contributed by atoms with Gasteiger partial charge in [0, 0.05) is 40.9 Å². The van der Waals surface area contributed by atoms with Crippen LogP contribution in [0.4, 0.5) is 5.69 Å². The van der Waals surface area contributed by atoms with Crippen molar-refractivity contribution in [3.05, 3.63) is 28.2 Å². The highest BCUT2D eigenvalue weighted by Gasteiger charge is 2.28. The summed E-state index contributed by atoms with van der Waals surface area (Å²) in [7, 11) is 0. The standard InChI is InChI=1S/C15H22BrN3O2/c1-15(2,19-3-5-21-6-4-19)10-18-14(20)11-7-12(16)9-13(17)8-11/h7-9H,3-6,10,17H2,1-2H3,(H,18,20). The molecule has 1 fully saturated rings. The molecular weight excluding hydrogens is 334 g/mol. The molecule has 0 aliphatic carbocycles. The summed E-state index contributed by atoms with van der Waals surface area (Å²) in [4.78, 5) is 14.6. The lowest BCUT2D eigenvalue weighted by molar-refractivity contribution is -0.00923. The number of anilines is 1. The van der Waals surface area contributed by atoms with Gasteiger partial charge in [0.15, 0.2) is 0 Å². The van der Waals surface area contributed by atoms with Crippen LogP contribution in [0, 0.1) is 0 Å². The number of morpholine rings is 1. The molecular formula is C15H22BrN3O2. The largest absolute Gasteiger partial charge is 0.399 e. The quantitative estimate of drug-likeness (QED) is 0.809. The molecule has 1 aliphatic heterocycles. The van der Waals surface area contributed by atoms with Gasteiger partial charge in [0.05, 0.1) is 13.2 Å². The van der Waals surface area contributed by atoms with Crippen LogP contribution < -0.4 is 11.1 Å². The number of nitrogens with two attached hydrogens (primary N) is 1. The van der Waals surface area contributed by atoms with Crippen molar-refractivity contribution in [2.45, 2.75) is 19.4 Å². The third-order valence-electron chi connectivity index (χ3n) is 3.73. The van der Waals surface area contributed by atoms with E-state index in [0.717, 1.165) is 30.8 Å². The monoisotopic (exact) mass is 355 g/mol. The summed E-state index contributed by atoms with van der Waals surface area (Å²) < 4.78 is 6.17. The van der Waals surface area contributed by atoms with Crippen LogP contribution in [0.1, 0.15) is 24.2 Å². The summed E-state index contributed by atoms with van der Waals surface area (Å²) >= 11 is 3.35. The molecule has 1 saturated heterocycles. The number of rotatable bonds is 4. The molecule has 0 atom stereocenters. The third-order valence-corrected chi connectivity index (χ3v) is 4.19. The highest BCUT2D eigenvalue weighted by atomic mass is 79.9. The zero-order chi connectivity index (χ0) is 15.5. The highest BCUT2D eigenvalue weighted by molar-refractivity contribution is 9.10. The minimum absolute atomic E-state index is 0.100. The maximum Gasteiger partial charge on any atom is 0.251 e. The van der Waals surface area contributed by atoms with E-state index in [9.17, 15) is 4.79 Å². The van der Waals surface area contributed by atoms with Crippen molar-refractivity contribution in [2.24, 2.45) is 0 Å². The van der Waals surface area contributed by atoms with Crippen LogP contribution in [0.2, 0.25) is 0 Å². The van der Waals surface area contributed by atoms with Crippen molar-refractivity contribution < 1.29 is 9.53 Å². The molecule has 1 aromatic rings. The number of nitrogen functional groups attached to an aromatic ring is 1. The fourth-order valence-corrected chi connectivity index (χ4v) is 2.93. The van der Waals surface area contributed by atoms with Crippen molar-refractivity contribution in [2.75, 3.05) is 38.6 Å². The zero-order valence-electron chi connectivity index (χ0n) is 12.5. The predicted molar refractivity (Wildman–Crippen MR) is 87.4 cm³/mol. The van der Waals surface area contributed by atoms with E-state index < -0.39 is 0 Å². The van der Waals surface area contributed by atoms with Crippen LogP contribution in [0.5, 0.6) is 0 Å². The Morgan fingerprint density at radius 2 is 2.05 bits per heavy atom. The van der Waals surface area contributed by atoms with E-state index in [1.54, 1.807) is 18.2 Å². The number of nitrogens with one attached hydrogen (secondary N) is 1. The molecule has 0 bridgehead atoms. The number of ether oxygens (including phenoxy) is 1. The van der Waals surface area contributed by atoms with Gasteiger partial charge in [-0.15, -0.1) is 0 Å². The van der Waals surface area contributed by atoms with Crippen LogP contribution in [0.15, 0.2) is 22.7 Å². The second-order valence-corrected chi connectivity index (χ2v) is 6.78. The molecule has 0 unspecified atom stereocenters. The number of benzene rings is 1. The molecule has 5 nitrogen and oxygen atoms in total. The lowest BCUT2D eigenvalue weighted by atomic mass is 10.0. The van der Waals surface area contributed by atoms with Crippen molar-refractivity contribution in [3.8, 4) is 0 Å². The third kappa shape index (κ3) is 4.43. The lowest BCUT2D eigenvalue weighted by Gasteiger charge is -2.40. The molecule has 2 rings (SSSR count). The number of carbonyl (C=O) groups is 1. The molecule has 0 spiro atoms. The number of halogens is 1. The molecule has 0 aromatic heterocycles. The number of carbonyl (C=O) groups excluding carboxylic acids is 1. The van der Waals surface area contributed by atoms with Gasteiger partial charge in [0.1, 0.15) is 0 Å². The van der Waals surface area contributed by atoms with Crippen LogP contribution in [-0.4, -0.2) is 49.2 Å². The Balaban J connectivity index is 1.96. The van der Waals surface area contributed by atoms with Gasteiger partial charge in [-0.25, -0.2) is 0 Å². The Hall–Kier alpha value is -1.11. The van der Waals surface area contributed by atoms with Crippen LogP contribution in [0.3, 0.4) is 0 Å². The normalized spacial score (nSPS) is 16.7. The van der Waals surface area contributed by atoms with Gasteiger partial charge >= 0.3 is 0 Å². The molecule has 1 heterocycles. The van der Waals surface area contributed by atoms with Crippen LogP contribution >= 0.6 is 15.9 Å². The second kappa shape index (κ2) is 6.77. The smallest absolute Gasteiger partial charge is 0.251 e. The maximum absolute atomic E-state index is 12.2. The first-order valence-electron chi connectivity index (χ1n) is 7.05. The molecule has 3 N–H and O–H groups in total. The Morgan fingerprint density at radius 1 is 1.38 bits per heavy atom. The Morgan fingerprint density at radius 3 is 2.67 bits per heavy atom. The molecule has 0 saturated carbocycles. The summed E-state index contributed by atoms with van der Waals surface area (Å²) in [5.74, 6) is -0.107. The number of hydrogen-bond donors (Lipinski definition) is 2. The average Bonchev–Trinajstić information content (AvgIpc) is 2.45. The maximum atomic E-state index is 12.2. The zero-order valence-corrected chi connectivity index (χ0v) is 14.1.